The van der Waals surface area contributed by atoms with Crippen molar-refractivity contribution >= 4 is 17.4 Å². The van der Waals surface area contributed by atoms with E-state index in [2.05, 4.69) is 43.8 Å². The molecule has 1 aromatic rings. The van der Waals surface area contributed by atoms with E-state index in [1.807, 2.05) is 0 Å². The van der Waals surface area contributed by atoms with Gasteiger partial charge in [-0.2, -0.15) is 11.3 Å². The van der Waals surface area contributed by atoms with Crippen LogP contribution in [0.3, 0.4) is 0 Å². The summed E-state index contributed by atoms with van der Waals surface area (Å²) in [4.78, 5) is 15.1. The summed E-state index contributed by atoms with van der Waals surface area (Å²) in [7, 11) is 0. The lowest BCUT2D eigenvalue weighted by Gasteiger charge is -2.30. The molecule has 1 saturated heterocycles. The second kappa shape index (κ2) is 7.48. The van der Waals surface area contributed by atoms with Gasteiger partial charge in [0.1, 0.15) is 0 Å². The number of carbonyl (C=O) groups excluding carboxylic acids is 1. The van der Waals surface area contributed by atoms with Crippen LogP contribution in [0, 0.1) is 5.41 Å². The first-order chi connectivity index (χ1) is 12.3. The van der Waals surface area contributed by atoms with Crippen LogP contribution in [0.15, 0.2) is 28.5 Å². The van der Waals surface area contributed by atoms with E-state index in [1.165, 1.54) is 30.4 Å². The first kappa shape index (κ1) is 17.1. The number of nitrogens with zero attached hydrogens (tertiary/aromatic N) is 1. The third-order valence-corrected chi connectivity index (χ3v) is 6.67. The zero-order chi connectivity index (χ0) is 17.1. The number of rotatable bonds is 5. The zero-order valence-electron chi connectivity index (χ0n) is 14.7. The molecule has 3 heterocycles. The van der Waals surface area contributed by atoms with E-state index in [4.69, 9.17) is 0 Å². The highest BCUT2D eigenvalue weighted by molar-refractivity contribution is 7.07. The molecule has 1 aliphatic carbocycles. The minimum Gasteiger partial charge on any atom is -0.334 e. The van der Waals surface area contributed by atoms with Gasteiger partial charge in [0.15, 0.2) is 0 Å². The van der Waals surface area contributed by atoms with Crippen molar-refractivity contribution in [3.63, 3.8) is 0 Å². The van der Waals surface area contributed by atoms with Gasteiger partial charge in [-0.15, -0.1) is 0 Å². The van der Waals surface area contributed by atoms with Crippen LogP contribution in [0.1, 0.15) is 31.2 Å². The number of hydrogen-bond acceptors (Lipinski definition) is 4. The van der Waals surface area contributed by atoms with E-state index in [0.717, 1.165) is 39.1 Å². The molecule has 2 amide bonds. The molecule has 1 unspecified atom stereocenters. The molecule has 1 aromatic heterocycles. The molecule has 1 atom stereocenters. The van der Waals surface area contributed by atoms with Crippen LogP contribution in [0.4, 0.5) is 4.79 Å². The molecule has 136 valence electrons. The Morgan fingerprint density at radius 3 is 2.92 bits per heavy atom. The highest BCUT2D eigenvalue weighted by Crippen LogP contribution is 2.56. The normalized spacial score (nSPS) is 24.6. The lowest BCUT2D eigenvalue weighted by Crippen LogP contribution is -2.44. The van der Waals surface area contributed by atoms with Crippen LogP contribution in [0.2, 0.25) is 0 Å². The van der Waals surface area contributed by atoms with E-state index >= 15 is 0 Å². The third-order valence-electron chi connectivity index (χ3n) is 5.94. The Kier molecular flexibility index (Phi) is 5.10. The van der Waals surface area contributed by atoms with Gasteiger partial charge in [-0.25, -0.2) is 4.79 Å². The average Bonchev–Trinajstić information content (AvgIpc) is 3.08. The molecule has 2 fully saturated rings. The monoisotopic (exact) mass is 360 g/mol. The number of urea groups is 1. The smallest absolute Gasteiger partial charge is 0.318 e. The maximum atomic E-state index is 13.0. The Bertz CT molecular complexity index is 621. The molecule has 4 rings (SSSR count). The van der Waals surface area contributed by atoms with Gasteiger partial charge in [-0.05, 0) is 73.1 Å². The van der Waals surface area contributed by atoms with Gasteiger partial charge in [0.2, 0.25) is 0 Å². The van der Waals surface area contributed by atoms with Gasteiger partial charge in [0, 0.05) is 25.7 Å². The van der Waals surface area contributed by atoms with Crippen molar-refractivity contribution in [2.45, 2.75) is 38.3 Å². The van der Waals surface area contributed by atoms with E-state index in [0.29, 0.717) is 18.0 Å². The fourth-order valence-corrected chi connectivity index (χ4v) is 4.91. The van der Waals surface area contributed by atoms with Gasteiger partial charge in [0.25, 0.3) is 0 Å². The summed E-state index contributed by atoms with van der Waals surface area (Å²) in [6, 6.07) is 2.64. The van der Waals surface area contributed by atoms with Crippen molar-refractivity contribution < 1.29 is 4.79 Å². The first-order valence-corrected chi connectivity index (χ1v) is 10.4. The van der Waals surface area contributed by atoms with E-state index < -0.39 is 0 Å². The summed E-state index contributed by atoms with van der Waals surface area (Å²) in [5, 5.41) is 14.2. The number of piperidine rings is 1. The molecular formula is C19H28N4OS. The molecule has 25 heavy (non-hydrogen) atoms. The Labute approximate surface area is 153 Å². The van der Waals surface area contributed by atoms with Crippen molar-refractivity contribution in [2.24, 2.45) is 5.41 Å². The van der Waals surface area contributed by atoms with Crippen molar-refractivity contribution in [3.8, 4) is 0 Å². The third kappa shape index (κ3) is 3.91. The topological polar surface area (TPSA) is 56.4 Å². The summed E-state index contributed by atoms with van der Waals surface area (Å²) in [5.74, 6) is 0. The summed E-state index contributed by atoms with van der Waals surface area (Å²) in [6.07, 6.45) is 6.80. The van der Waals surface area contributed by atoms with Crippen LogP contribution >= 0.6 is 11.3 Å². The lowest BCUT2D eigenvalue weighted by atomic mass is 9.93. The number of thiophene rings is 1. The van der Waals surface area contributed by atoms with Gasteiger partial charge in [-0.3, -0.25) is 0 Å². The summed E-state index contributed by atoms with van der Waals surface area (Å²) < 4.78 is 0. The highest BCUT2D eigenvalue weighted by atomic mass is 32.1. The van der Waals surface area contributed by atoms with Crippen molar-refractivity contribution in [2.75, 3.05) is 32.7 Å². The van der Waals surface area contributed by atoms with E-state index in [9.17, 15) is 4.79 Å². The van der Waals surface area contributed by atoms with Crippen molar-refractivity contribution in [3.05, 3.63) is 34.0 Å². The molecule has 6 heteroatoms. The Hall–Kier alpha value is -1.37. The number of nitrogens with one attached hydrogen (secondary N) is 3. The molecule has 2 aliphatic heterocycles. The van der Waals surface area contributed by atoms with Crippen LogP contribution in [-0.4, -0.2) is 49.7 Å². The number of carbonyl (C=O) groups is 1. The van der Waals surface area contributed by atoms with Crippen LogP contribution < -0.4 is 16.0 Å². The highest BCUT2D eigenvalue weighted by Gasteiger charge is 2.57. The standard InChI is InChI=1S/C19H28N4OS/c24-18(22-12-15-1-6-20-7-2-15)23(13-16-3-10-25-14-16)17-11-19(17)4-8-21-9-5-19/h1,3,10,14,17,20-21H,2,4-9,11-13H2,(H,22,24). The molecule has 3 aliphatic rings. The first-order valence-electron chi connectivity index (χ1n) is 9.42. The Morgan fingerprint density at radius 1 is 1.32 bits per heavy atom. The number of amides is 2. The van der Waals surface area contributed by atoms with Gasteiger partial charge >= 0.3 is 6.03 Å². The fraction of sp³-hybridized carbons (Fsp3) is 0.632. The van der Waals surface area contributed by atoms with Gasteiger partial charge in [0.05, 0.1) is 0 Å². The second-order valence-electron chi connectivity index (χ2n) is 7.57. The van der Waals surface area contributed by atoms with E-state index in [1.54, 1.807) is 11.3 Å². The second-order valence-corrected chi connectivity index (χ2v) is 8.35. The summed E-state index contributed by atoms with van der Waals surface area (Å²) >= 11 is 1.70. The van der Waals surface area contributed by atoms with Crippen molar-refractivity contribution in [1.29, 1.82) is 0 Å². The summed E-state index contributed by atoms with van der Waals surface area (Å²) in [5.41, 5.74) is 2.96. The Balaban J connectivity index is 1.41. The van der Waals surface area contributed by atoms with Crippen molar-refractivity contribution in [1.82, 2.24) is 20.9 Å². The molecule has 1 spiro atoms. The minimum absolute atomic E-state index is 0.103. The van der Waals surface area contributed by atoms with Crippen LogP contribution in [0.25, 0.3) is 0 Å². The molecule has 0 bridgehead atoms. The molecule has 0 aromatic carbocycles. The van der Waals surface area contributed by atoms with Crippen LogP contribution in [0.5, 0.6) is 0 Å². The molecule has 0 radical (unpaired) electrons. The van der Waals surface area contributed by atoms with Gasteiger partial charge < -0.3 is 20.9 Å². The predicted octanol–water partition coefficient (Wildman–Crippen LogP) is 2.32. The fourth-order valence-electron chi connectivity index (χ4n) is 4.25. The molecular weight excluding hydrogens is 332 g/mol. The average molecular weight is 361 g/mol. The maximum Gasteiger partial charge on any atom is 0.318 e. The van der Waals surface area contributed by atoms with Gasteiger partial charge in [-0.1, -0.05) is 11.6 Å². The summed E-state index contributed by atoms with van der Waals surface area (Å²) in [6.45, 7) is 5.52. The SMILES string of the molecule is O=C(NCC1=CCNCC1)N(Cc1ccsc1)C1CC12CCNCC2. The Morgan fingerprint density at radius 2 is 2.20 bits per heavy atom. The zero-order valence-corrected chi connectivity index (χ0v) is 15.5. The predicted molar refractivity (Wildman–Crippen MR) is 102 cm³/mol. The maximum absolute atomic E-state index is 13.0. The largest absolute Gasteiger partial charge is 0.334 e. The molecule has 5 nitrogen and oxygen atoms in total. The number of hydrogen-bond donors (Lipinski definition) is 3. The van der Waals surface area contributed by atoms with E-state index in [-0.39, 0.29) is 6.03 Å². The molecule has 1 saturated carbocycles. The minimum atomic E-state index is 0.103. The quantitative estimate of drug-likeness (QED) is 0.707. The molecule has 3 N–H and O–H groups in total. The lowest BCUT2D eigenvalue weighted by molar-refractivity contribution is 0.175. The van der Waals surface area contributed by atoms with Crippen LogP contribution in [-0.2, 0) is 6.54 Å².